The zero-order valence-electron chi connectivity index (χ0n) is 8.91. The summed E-state index contributed by atoms with van der Waals surface area (Å²) in [5.74, 6) is 0.696. The summed E-state index contributed by atoms with van der Waals surface area (Å²) in [7, 11) is -0.767. The van der Waals surface area contributed by atoms with Crippen molar-refractivity contribution in [2.75, 3.05) is 18.9 Å². The lowest BCUT2D eigenvalue weighted by Crippen LogP contribution is -2.29. The lowest BCUT2D eigenvalue weighted by Gasteiger charge is -2.23. The molecule has 1 fully saturated rings. The van der Waals surface area contributed by atoms with Crippen LogP contribution in [0, 0.1) is 0 Å². The summed E-state index contributed by atoms with van der Waals surface area (Å²) in [6.07, 6.45) is 4.51. The average Bonchev–Trinajstić information content (AvgIpc) is 2.19. The molecule has 1 saturated heterocycles. The summed E-state index contributed by atoms with van der Waals surface area (Å²) in [6.45, 7) is 3.47. The van der Waals surface area contributed by atoms with Gasteiger partial charge >= 0.3 is 0 Å². The lowest BCUT2D eigenvalue weighted by molar-refractivity contribution is 0.0309. The van der Waals surface area contributed by atoms with E-state index in [1.165, 1.54) is 6.42 Å². The van der Waals surface area contributed by atoms with E-state index in [4.69, 9.17) is 10.5 Å². The highest BCUT2D eigenvalue weighted by Gasteiger charge is 2.19. The minimum atomic E-state index is -0.767. The number of rotatable bonds is 5. The molecule has 0 aromatic rings. The molecule has 4 heteroatoms. The number of nitrogens with two attached hydrogens (primary N) is 1. The van der Waals surface area contributed by atoms with Crippen LogP contribution in [0.3, 0.4) is 0 Å². The smallest absolute Gasteiger partial charge is 0.0690 e. The molecule has 0 bridgehead atoms. The van der Waals surface area contributed by atoms with Crippen LogP contribution < -0.4 is 5.73 Å². The van der Waals surface area contributed by atoms with Gasteiger partial charge in [-0.1, -0.05) is 6.92 Å². The molecule has 0 amide bonds. The Balaban J connectivity index is 2.24. The lowest BCUT2D eigenvalue weighted by atomic mass is 10.1. The van der Waals surface area contributed by atoms with Crippen LogP contribution in [0.25, 0.3) is 0 Å². The molecule has 2 N–H and O–H groups in total. The Labute approximate surface area is 88.8 Å². The highest BCUT2D eigenvalue weighted by molar-refractivity contribution is 7.85. The molecule has 0 spiro atoms. The molecule has 1 aliphatic heterocycles. The van der Waals surface area contributed by atoms with Crippen molar-refractivity contribution in [1.82, 2.24) is 0 Å². The highest BCUT2D eigenvalue weighted by atomic mass is 32.2. The Kier molecular flexibility index (Phi) is 5.67. The summed E-state index contributed by atoms with van der Waals surface area (Å²) < 4.78 is 17.3. The molecular weight excluding hydrogens is 198 g/mol. The standard InChI is InChI=1S/C10H21NO2S/c1-9(5-6-11)14(12)8-10-4-2-3-7-13-10/h9-10H,2-8,11H2,1H3. The Morgan fingerprint density at radius 1 is 1.57 bits per heavy atom. The maximum atomic E-state index is 11.8. The van der Waals surface area contributed by atoms with Gasteiger partial charge in [0.15, 0.2) is 0 Å². The van der Waals surface area contributed by atoms with E-state index < -0.39 is 10.8 Å². The third kappa shape index (κ3) is 4.07. The van der Waals surface area contributed by atoms with Crippen LogP contribution in [0.4, 0.5) is 0 Å². The fourth-order valence-electron chi connectivity index (χ4n) is 1.65. The molecule has 0 radical (unpaired) electrons. The zero-order chi connectivity index (χ0) is 10.4. The molecule has 84 valence electrons. The first-order chi connectivity index (χ1) is 6.74. The summed E-state index contributed by atoms with van der Waals surface area (Å²) in [5.41, 5.74) is 5.43. The van der Waals surface area contributed by atoms with Gasteiger partial charge in [0, 0.05) is 22.7 Å². The Bertz CT molecular complexity index is 181. The summed E-state index contributed by atoms with van der Waals surface area (Å²) in [5, 5.41) is 0.213. The van der Waals surface area contributed by atoms with Crippen LogP contribution in [0.15, 0.2) is 0 Å². The normalized spacial score (nSPS) is 27.1. The van der Waals surface area contributed by atoms with Gasteiger partial charge in [-0.25, -0.2) is 0 Å². The van der Waals surface area contributed by atoms with Crippen molar-refractivity contribution >= 4 is 10.8 Å². The quantitative estimate of drug-likeness (QED) is 0.751. The van der Waals surface area contributed by atoms with E-state index in [1.807, 2.05) is 6.92 Å². The zero-order valence-corrected chi connectivity index (χ0v) is 9.72. The molecule has 1 heterocycles. The topological polar surface area (TPSA) is 52.3 Å². The molecule has 0 saturated carbocycles. The van der Waals surface area contributed by atoms with E-state index in [0.717, 1.165) is 25.9 Å². The van der Waals surface area contributed by atoms with Crippen molar-refractivity contribution in [3.63, 3.8) is 0 Å². The van der Waals surface area contributed by atoms with Crippen LogP contribution in [0.5, 0.6) is 0 Å². The van der Waals surface area contributed by atoms with Crippen molar-refractivity contribution in [3.8, 4) is 0 Å². The first-order valence-electron chi connectivity index (χ1n) is 5.43. The predicted octanol–water partition coefficient (Wildman–Crippen LogP) is 1.04. The van der Waals surface area contributed by atoms with E-state index >= 15 is 0 Å². The Morgan fingerprint density at radius 2 is 2.36 bits per heavy atom. The molecule has 3 atom stereocenters. The molecule has 0 aliphatic carbocycles. The molecule has 1 rings (SSSR count). The van der Waals surface area contributed by atoms with Crippen molar-refractivity contribution in [2.45, 2.75) is 44.0 Å². The van der Waals surface area contributed by atoms with E-state index in [0.29, 0.717) is 12.3 Å². The monoisotopic (exact) mass is 219 g/mol. The fourth-order valence-corrected chi connectivity index (χ4v) is 3.01. The van der Waals surface area contributed by atoms with Gasteiger partial charge in [0.1, 0.15) is 0 Å². The summed E-state index contributed by atoms with van der Waals surface area (Å²) >= 11 is 0. The van der Waals surface area contributed by atoms with Gasteiger partial charge in [0.25, 0.3) is 0 Å². The molecule has 1 aliphatic rings. The van der Waals surface area contributed by atoms with Crippen LogP contribution >= 0.6 is 0 Å². The average molecular weight is 219 g/mol. The predicted molar refractivity (Wildman–Crippen MR) is 59.7 cm³/mol. The third-order valence-electron chi connectivity index (χ3n) is 2.65. The minimum Gasteiger partial charge on any atom is -0.377 e. The molecule has 3 nitrogen and oxygen atoms in total. The van der Waals surface area contributed by atoms with E-state index in [2.05, 4.69) is 0 Å². The third-order valence-corrected chi connectivity index (χ3v) is 4.48. The van der Waals surface area contributed by atoms with Gasteiger partial charge in [-0.15, -0.1) is 0 Å². The van der Waals surface area contributed by atoms with Crippen LogP contribution in [-0.2, 0) is 15.5 Å². The Hall–Kier alpha value is 0.0700. The SMILES string of the molecule is CC(CCN)S(=O)CC1CCCCO1. The maximum absolute atomic E-state index is 11.8. The summed E-state index contributed by atoms with van der Waals surface area (Å²) in [6, 6.07) is 0. The summed E-state index contributed by atoms with van der Waals surface area (Å²) in [4.78, 5) is 0. The van der Waals surface area contributed by atoms with Crippen LogP contribution in [0.2, 0.25) is 0 Å². The number of ether oxygens (including phenoxy) is 1. The van der Waals surface area contributed by atoms with Crippen LogP contribution in [0.1, 0.15) is 32.6 Å². The fraction of sp³-hybridized carbons (Fsp3) is 1.00. The van der Waals surface area contributed by atoms with E-state index in [9.17, 15) is 4.21 Å². The largest absolute Gasteiger partial charge is 0.377 e. The van der Waals surface area contributed by atoms with Crippen molar-refractivity contribution in [2.24, 2.45) is 5.73 Å². The molecule has 3 unspecified atom stereocenters. The second-order valence-electron chi connectivity index (χ2n) is 3.92. The van der Waals surface area contributed by atoms with E-state index in [1.54, 1.807) is 0 Å². The van der Waals surface area contributed by atoms with Gasteiger partial charge in [-0.2, -0.15) is 0 Å². The number of hydrogen-bond donors (Lipinski definition) is 1. The second-order valence-corrected chi connectivity index (χ2v) is 5.82. The van der Waals surface area contributed by atoms with Crippen molar-refractivity contribution < 1.29 is 8.95 Å². The molecule has 14 heavy (non-hydrogen) atoms. The number of hydrogen-bond acceptors (Lipinski definition) is 3. The molecule has 0 aromatic heterocycles. The maximum Gasteiger partial charge on any atom is 0.0690 e. The van der Waals surface area contributed by atoms with E-state index in [-0.39, 0.29) is 11.4 Å². The van der Waals surface area contributed by atoms with Crippen molar-refractivity contribution in [1.29, 1.82) is 0 Å². The van der Waals surface area contributed by atoms with Crippen molar-refractivity contribution in [3.05, 3.63) is 0 Å². The first kappa shape index (κ1) is 12.1. The first-order valence-corrected chi connectivity index (χ1v) is 6.81. The highest BCUT2D eigenvalue weighted by Crippen LogP contribution is 2.15. The van der Waals surface area contributed by atoms with Gasteiger partial charge < -0.3 is 10.5 Å². The van der Waals surface area contributed by atoms with Gasteiger partial charge in [0.2, 0.25) is 0 Å². The minimum absolute atomic E-state index is 0.213. The van der Waals surface area contributed by atoms with Gasteiger partial charge in [-0.05, 0) is 32.2 Å². The Morgan fingerprint density at radius 3 is 2.93 bits per heavy atom. The molecule has 0 aromatic carbocycles. The van der Waals surface area contributed by atoms with Crippen LogP contribution in [-0.4, -0.2) is 34.5 Å². The molecular formula is C10H21NO2S. The second kappa shape index (κ2) is 6.53. The van der Waals surface area contributed by atoms with Gasteiger partial charge in [0.05, 0.1) is 11.9 Å². The van der Waals surface area contributed by atoms with Gasteiger partial charge in [-0.3, -0.25) is 4.21 Å².